The van der Waals surface area contributed by atoms with E-state index in [0.29, 0.717) is 6.42 Å². The standard InChI is InChI=1S/C18H29N3O2/c1-5-8-9-17(22)19-13-18(23)20-16-11-10-15(12-14(16)4)21(6-2)7-3/h10-12H,5-9,13H2,1-4H3,(H,19,22)(H,20,23). The number of nitrogens with one attached hydrogen (secondary N) is 2. The van der Waals surface area contributed by atoms with E-state index in [-0.39, 0.29) is 18.4 Å². The lowest BCUT2D eigenvalue weighted by Crippen LogP contribution is -2.32. The SMILES string of the molecule is CCCCC(=O)NCC(=O)Nc1ccc(N(CC)CC)cc1C. The number of carbonyl (C=O) groups is 2. The monoisotopic (exact) mass is 319 g/mol. The van der Waals surface area contributed by atoms with Crippen LogP contribution in [-0.4, -0.2) is 31.4 Å². The molecule has 23 heavy (non-hydrogen) atoms. The summed E-state index contributed by atoms with van der Waals surface area (Å²) < 4.78 is 0. The van der Waals surface area contributed by atoms with E-state index >= 15 is 0 Å². The third kappa shape index (κ3) is 6.30. The highest BCUT2D eigenvalue weighted by molar-refractivity contribution is 5.95. The van der Waals surface area contributed by atoms with Crippen LogP contribution in [0.5, 0.6) is 0 Å². The van der Waals surface area contributed by atoms with Crippen molar-refractivity contribution in [3.63, 3.8) is 0 Å². The molecule has 0 heterocycles. The summed E-state index contributed by atoms with van der Waals surface area (Å²) in [5.41, 5.74) is 2.95. The van der Waals surface area contributed by atoms with Crippen LogP contribution in [0.3, 0.4) is 0 Å². The number of aryl methyl sites for hydroxylation is 1. The first-order valence-corrected chi connectivity index (χ1v) is 8.43. The van der Waals surface area contributed by atoms with E-state index in [2.05, 4.69) is 35.4 Å². The van der Waals surface area contributed by atoms with E-state index in [1.807, 2.05) is 26.0 Å². The van der Waals surface area contributed by atoms with Gasteiger partial charge in [0.25, 0.3) is 0 Å². The van der Waals surface area contributed by atoms with Crippen LogP contribution in [0.4, 0.5) is 11.4 Å². The summed E-state index contributed by atoms with van der Waals surface area (Å²) in [5.74, 6) is -0.274. The number of nitrogens with zero attached hydrogens (tertiary/aromatic N) is 1. The molecule has 0 radical (unpaired) electrons. The molecule has 0 aliphatic rings. The second-order valence-corrected chi connectivity index (χ2v) is 5.60. The minimum atomic E-state index is -0.200. The summed E-state index contributed by atoms with van der Waals surface area (Å²) in [5, 5.41) is 5.50. The number of benzene rings is 1. The fourth-order valence-electron chi connectivity index (χ4n) is 2.37. The molecular formula is C18H29N3O2. The van der Waals surface area contributed by atoms with Crippen molar-refractivity contribution in [3.8, 4) is 0 Å². The second-order valence-electron chi connectivity index (χ2n) is 5.60. The van der Waals surface area contributed by atoms with Crippen LogP contribution in [0.2, 0.25) is 0 Å². The molecular weight excluding hydrogens is 290 g/mol. The van der Waals surface area contributed by atoms with Gasteiger partial charge in [-0.25, -0.2) is 0 Å². The van der Waals surface area contributed by atoms with Crippen LogP contribution in [-0.2, 0) is 9.59 Å². The molecule has 128 valence electrons. The molecule has 0 fully saturated rings. The molecule has 0 unspecified atom stereocenters. The quantitative estimate of drug-likeness (QED) is 0.735. The molecule has 0 aliphatic heterocycles. The first-order chi connectivity index (χ1) is 11.0. The zero-order valence-electron chi connectivity index (χ0n) is 14.7. The molecule has 0 saturated carbocycles. The first kappa shape index (κ1) is 19.0. The molecule has 5 heteroatoms. The summed E-state index contributed by atoms with van der Waals surface area (Å²) in [6.45, 7) is 10.2. The summed E-state index contributed by atoms with van der Waals surface area (Å²) >= 11 is 0. The van der Waals surface area contributed by atoms with Gasteiger partial charge in [0.1, 0.15) is 0 Å². The maximum Gasteiger partial charge on any atom is 0.243 e. The van der Waals surface area contributed by atoms with Crippen LogP contribution < -0.4 is 15.5 Å². The van der Waals surface area contributed by atoms with Gasteiger partial charge < -0.3 is 15.5 Å². The number of hydrogen-bond acceptors (Lipinski definition) is 3. The molecule has 0 bridgehead atoms. The molecule has 0 aliphatic carbocycles. The minimum absolute atomic E-state index is 0.0137. The summed E-state index contributed by atoms with van der Waals surface area (Å²) in [6.07, 6.45) is 2.29. The molecule has 1 aromatic carbocycles. The Kier molecular flexibility index (Phi) is 8.16. The largest absolute Gasteiger partial charge is 0.372 e. The number of carbonyl (C=O) groups excluding carboxylic acids is 2. The molecule has 0 spiro atoms. The van der Waals surface area contributed by atoms with E-state index in [4.69, 9.17) is 0 Å². The van der Waals surface area contributed by atoms with Crippen LogP contribution in [0.25, 0.3) is 0 Å². The van der Waals surface area contributed by atoms with E-state index in [1.54, 1.807) is 0 Å². The average Bonchev–Trinajstić information content (AvgIpc) is 2.54. The Morgan fingerprint density at radius 3 is 2.35 bits per heavy atom. The van der Waals surface area contributed by atoms with Crippen LogP contribution in [0.15, 0.2) is 18.2 Å². The minimum Gasteiger partial charge on any atom is -0.372 e. The Bertz CT molecular complexity index is 525. The fraction of sp³-hybridized carbons (Fsp3) is 0.556. The molecule has 0 saturated heterocycles. The average molecular weight is 319 g/mol. The van der Waals surface area contributed by atoms with Crippen LogP contribution in [0, 0.1) is 6.92 Å². The highest BCUT2D eigenvalue weighted by atomic mass is 16.2. The molecule has 0 atom stereocenters. The Morgan fingerprint density at radius 2 is 1.78 bits per heavy atom. The fourth-order valence-corrected chi connectivity index (χ4v) is 2.37. The van der Waals surface area contributed by atoms with Gasteiger partial charge >= 0.3 is 0 Å². The number of anilines is 2. The van der Waals surface area contributed by atoms with Gasteiger partial charge in [0, 0.05) is 30.9 Å². The highest BCUT2D eigenvalue weighted by Gasteiger charge is 2.09. The van der Waals surface area contributed by atoms with E-state index in [1.165, 1.54) is 0 Å². The lowest BCUT2D eigenvalue weighted by molar-refractivity contribution is -0.124. The van der Waals surface area contributed by atoms with Crippen molar-refractivity contribution in [2.24, 2.45) is 0 Å². The Balaban J connectivity index is 2.56. The van der Waals surface area contributed by atoms with Crippen molar-refractivity contribution in [3.05, 3.63) is 23.8 Å². The molecule has 5 nitrogen and oxygen atoms in total. The maximum atomic E-state index is 11.9. The van der Waals surface area contributed by atoms with E-state index in [0.717, 1.165) is 42.9 Å². The zero-order chi connectivity index (χ0) is 17.2. The number of hydrogen-bond donors (Lipinski definition) is 2. The van der Waals surface area contributed by atoms with E-state index < -0.39 is 0 Å². The third-order valence-corrected chi connectivity index (χ3v) is 3.82. The van der Waals surface area contributed by atoms with Gasteiger partial charge in [-0.05, 0) is 51.0 Å². The van der Waals surface area contributed by atoms with Crippen molar-refractivity contribution in [1.29, 1.82) is 0 Å². The Labute approximate surface area is 139 Å². The van der Waals surface area contributed by atoms with E-state index in [9.17, 15) is 9.59 Å². The topological polar surface area (TPSA) is 61.4 Å². The number of rotatable bonds is 9. The van der Waals surface area contributed by atoms with Gasteiger partial charge in [0.05, 0.1) is 6.54 Å². The number of amides is 2. The number of unbranched alkanes of at least 4 members (excludes halogenated alkanes) is 1. The summed E-state index contributed by atoms with van der Waals surface area (Å²) in [6, 6.07) is 6.00. The van der Waals surface area contributed by atoms with Gasteiger partial charge in [-0.2, -0.15) is 0 Å². The molecule has 2 N–H and O–H groups in total. The first-order valence-electron chi connectivity index (χ1n) is 8.43. The van der Waals surface area contributed by atoms with Crippen molar-refractivity contribution >= 4 is 23.2 Å². The van der Waals surface area contributed by atoms with Gasteiger partial charge in [-0.15, -0.1) is 0 Å². The highest BCUT2D eigenvalue weighted by Crippen LogP contribution is 2.22. The summed E-state index contributed by atoms with van der Waals surface area (Å²) in [7, 11) is 0. The lowest BCUT2D eigenvalue weighted by Gasteiger charge is -2.22. The van der Waals surface area contributed by atoms with Crippen molar-refractivity contribution in [2.75, 3.05) is 29.9 Å². The van der Waals surface area contributed by atoms with Crippen LogP contribution >= 0.6 is 0 Å². The van der Waals surface area contributed by atoms with Gasteiger partial charge in [-0.3, -0.25) is 9.59 Å². The molecule has 2 amide bonds. The predicted octanol–water partition coefficient (Wildman–Crippen LogP) is 3.09. The van der Waals surface area contributed by atoms with Gasteiger partial charge in [0.2, 0.25) is 11.8 Å². The van der Waals surface area contributed by atoms with Crippen LogP contribution in [0.1, 0.15) is 45.6 Å². The van der Waals surface area contributed by atoms with Crippen molar-refractivity contribution in [1.82, 2.24) is 5.32 Å². The third-order valence-electron chi connectivity index (χ3n) is 3.82. The smallest absolute Gasteiger partial charge is 0.243 e. The second kappa shape index (κ2) is 9.87. The van der Waals surface area contributed by atoms with Crippen molar-refractivity contribution < 1.29 is 9.59 Å². The Morgan fingerprint density at radius 1 is 1.09 bits per heavy atom. The van der Waals surface area contributed by atoms with Gasteiger partial charge in [0.15, 0.2) is 0 Å². The zero-order valence-corrected chi connectivity index (χ0v) is 14.7. The molecule has 1 aromatic rings. The summed E-state index contributed by atoms with van der Waals surface area (Å²) in [4.78, 5) is 25.7. The van der Waals surface area contributed by atoms with Crippen molar-refractivity contribution in [2.45, 2.75) is 47.0 Å². The molecule has 0 aromatic heterocycles. The molecule has 1 rings (SSSR count). The normalized spacial score (nSPS) is 10.3. The van der Waals surface area contributed by atoms with Gasteiger partial charge in [-0.1, -0.05) is 13.3 Å². The maximum absolute atomic E-state index is 11.9. The predicted molar refractivity (Wildman–Crippen MR) is 95.9 cm³/mol. The Hall–Kier alpha value is -2.04. The lowest BCUT2D eigenvalue weighted by atomic mass is 10.1.